The van der Waals surface area contributed by atoms with Crippen molar-refractivity contribution in [2.24, 2.45) is 5.92 Å². The number of nitrogens with one attached hydrogen (secondary N) is 1. The molecule has 0 aliphatic carbocycles. The van der Waals surface area contributed by atoms with Crippen LogP contribution in [0.25, 0.3) is 0 Å². The average Bonchev–Trinajstić information content (AvgIpc) is 3.14. The van der Waals surface area contributed by atoms with Gasteiger partial charge in [-0.05, 0) is 51.3 Å². The van der Waals surface area contributed by atoms with Crippen LogP contribution in [0.5, 0.6) is 0 Å². The molecule has 3 heterocycles. The van der Waals surface area contributed by atoms with Crippen molar-refractivity contribution in [1.82, 2.24) is 15.1 Å². The fourth-order valence-corrected chi connectivity index (χ4v) is 4.95. The molecule has 0 saturated carbocycles. The monoisotopic (exact) mass is 393 g/mol. The van der Waals surface area contributed by atoms with Crippen molar-refractivity contribution in [2.75, 3.05) is 46.4 Å². The highest BCUT2D eigenvalue weighted by Gasteiger charge is 2.32. The van der Waals surface area contributed by atoms with Crippen molar-refractivity contribution in [3.63, 3.8) is 0 Å². The van der Waals surface area contributed by atoms with Gasteiger partial charge >= 0.3 is 0 Å². The molecule has 0 unspecified atom stereocenters. The average molecular weight is 394 g/mol. The minimum Gasteiger partial charge on any atom is -0.383 e. The Hall–Kier alpha value is -1.44. The van der Waals surface area contributed by atoms with Crippen molar-refractivity contribution in [1.29, 1.82) is 0 Å². The van der Waals surface area contributed by atoms with Crippen LogP contribution in [0.1, 0.15) is 40.2 Å². The molecule has 2 fully saturated rings. The van der Waals surface area contributed by atoms with Gasteiger partial charge in [-0.3, -0.25) is 14.5 Å². The van der Waals surface area contributed by atoms with E-state index in [9.17, 15) is 9.59 Å². The van der Waals surface area contributed by atoms with Crippen LogP contribution < -0.4 is 5.32 Å². The molecule has 0 aromatic carbocycles. The first kappa shape index (κ1) is 20.3. The van der Waals surface area contributed by atoms with Gasteiger partial charge in [-0.25, -0.2) is 0 Å². The van der Waals surface area contributed by atoms with Crippen molar-refractivity contribution in [2.45, 2.75) is 38.6 Å². The molecule has 2 aliphatic heterocycles. The lowest BCUT2D eigenvalue weighted by molar-refractivity contribution is -0.127. The number of methoxy groups -OCH3 is 1. The molecule has 2 saturated heterocycles. The lowest BCUT2D eigenvalue weighted by Crippen LogP contribution is -2.51. The molecule has 1 atom stereocenters. The van der Waals surface area contributed by atoms with Gasteiger partial charge in [-0.2, -0.15) is 0 Å². The Labute approximate surface area is 165 Å². The maximum atomic E-state index is 12.6. The van der Waals surface area contributed by atoms with Gasteiger partial charge in [-0.1, -0.05) is 0 Å². The van der Waals surface area contributed by atoms with E-state index >= 15 is 0 Å². The summed E-state index contributed by atoms with van der Waals surface area (Å²) in [5.74, 6) is 0.391. The molecule has 1 aromatic heterocycles. The third kappa shape index (κ3) is 5.30. The van der Waals surface area contributed by atoms with Crippen molar-refractivity contribution in [3.05, 3.63) is 21.9 Å². The number of carbonyl (C=O) groups excluding carboxylic acids is 2. The molecular formula is C20H31N3O3S. The summed E-state index contributed by atoms with van der Waals surface area (Å²) < 4.78 is 5.00. The number of rotatable bonds is 6. The highest BCUT2D eigenvalue weighted by Crippen LogP contribution is 2.25. The molecule has 2 aliphatic rings. The third-order valence-electron chi connectivity index (χ3n) is 5.65. The van der Waals surface area contributed by atoms with Gasteiger partial charge in [0.05, 0.1) is 17.4 Å². The van der Waals surface area contributed by atoms with E-state index in [0.717, 1.165) is 56.7 Å². The second kappa shape index (κ2) is 9.66. The Bertz CT molecular complexity index is 640. The maximum absolute atomic E-state index is 12.6. The predicted octanol–water partition coefficient (Wildman–Crippen LogP) is 2.14. The van der Waals surface area contributed by atoms with Crippen LogP contribution in [0.4, 0.5) is 0 Å². The largest absolute Gasteiger partial charge is 0.383 e. The van der Waals surface area contributed by atoms with E-state index in [1.807, 2.05) is 24.0 Å². The maximum Gasteiger partial charge on any atom is 0.263 e. The zero-order valence-electron chi connectivity index (χ0n) is 16.4. The summed E-state index contributed by atoms with van der Waals surface area (Å²) in [5, 5.41) is 2.98. The predicted molar refractivity (Wildman–Crippen MR) is 107 cm³/mol. The summed E-state index contributed by atoms with van der Waals surface area (Å²) in [6.07, 6.45) is 4.02. The minimum absolute atomic E-state index is 0.0735. The second-order valence-corrected chi connectivity index (χ2v) is 8.84. The number of hydrogen-bond acceptors (Lipinski definition) is 5. The Balaban J connectivity index is 1.47. The van der Waals surface area contributed by atoms with E-state index in [4.69, 9.17) is 4.74 Å². The molecule has 7 heteroatoms. The van der Waals surface area contributed by atoms with Gasteiger partial charge in [-0.15, -0.1) is 11.3 Å². The van der Waals surface area contributed by atoms with Crippen LogP contribution in [-0.4, -0.2) is 74.1 Å². The van der Waals surface area contributed by atoms with E-state index in [0.29, 0.717) is 19.2 Å². The molecule has 27 heavy (non-hydrogen) atoms. The summed E-state index contributed by atoms with van der Waals surface area (Å²) in [5.41, 5.74) is 0. The van der Waals surface area contributed by atoms with E-state index < -0.39 is 0 Å². The molecule has 0 spiro atoms. The standard InChI is InChI=1S/C20H31N3O3S/c1-15-5-6-18(27-15)20(25)22-11-7-17(8-12-22)23-10-3-4-16(14-23)19(24)21-9-13-26-2/h5-6,16-17H,3-4,7-14H2,1-2H3,(H,21,24)/t16-/m0/s1. The Morgan fingerprint density at radius 3 is 2.67 bits per heavy atom. The molecule has 2 amide bonds. The summed E-state index contributed by atoms with van der Waals surface area (Å²) in [6, 6.07) is 4.43. The third-order valence-corrected chi connectivity index (χ3v) is 6.64. The molecule has 0 radical (unpaired) electrons. The topological polar surface area (TPSA) is 61.9 Å². The highest BCUT2D eigenvalue weighted by atomic mass is 32.1. The van der Waals surface area contributed by atoms with Crippen LogP contribution in [0, 0.1) is 12.8 Å². The zero-order valence-corrected chi connectivity index (χ0v) is 17.2. The first-order chi connectivity index (χ1) is 13.1. The van der Waals surface area contributed by atoms with E-state index in [-0.39, 0.29) is 17.7 Å². The lowest BCUT2D eigenvalue weighted by atomic mass is 9.93. The molecule has 3 rings (SSSR count). The van der Waals surface area contributed by atoms with Crippen LogP contribution in [-0.2, 0) is 9.53 Å². The van der Waals surface area contributed by atoms with Gasteiger partial charge < -0.3 is 15.0 Å². The normalized spacial score (nSPS) is 22.0. The van der Waals surface area contributed by atoms with E-state index in [1.54, 1.807) is 18.4 Å². The molecule has 6 nitrogen and oxygen atoms in total. The number of piperidine rings is 2. The van der Waals surface area contributed by atoms with Crippen LogP contribution in [0.3, 0.4) is 0 Å². The Morgan fingerprint density at radius 2 is 2.00 bits per heavy atom. The Kier molecular flexibility index (Phi) is 7.26. The zero-order chi connectivity index (χ0) is 19.2. The van der Waals surface area contributed by atoms with Crippen LogP contribution in [0.15, 0.2) is 12.1 Å². The second-order valence-electron chi connectivity index (χ2n) is 7.55. The van der Waals surface area contributed by atoms with Gasteiger partial charge in [0.2, 0.25) is 5.91 Å². The van der Waals surface area contributed by atoms with E-state index in [1.165, 1.54) is 4.88 Å². The fourth-order valence-electron chi connectivity index (χ4n) is 4.11. The van der Waals surface area contributed by atoms with Crippen LogP contribution >= 0.6 is 11.3 Å². The molecule has 1 aromatic rings. The number of nitrogens with zero attached hydrogens (tertiary/aromatic N) is 2. The number of thiophene rings is 1. The SMILES string of the molecule is COCCNC(=O)[C@H]1CCCN(C2CCN(C(=O)c3ccc(C)s3)CC2)C1. The van der Waals surface area contributed by atoms with Crippen LogP contribution in [0.2, 0.25) is 0 Å². The van der Waals surface area contributed by atoms with E-state index in [2.05, 4.69) is 10.2 Å². The summed E-state index contributed by atoms with van der Waals surface area (Å²) >= 11 is 1.57. The number of aryl methyl sites for hydroxylation is 1. The van der Waals surface area contributed by atoms with Gasteiger partial charge in [0.1, 0.15) is 0 Å². The number of likely N-dealkylation sites (tertiary alicyclic amines) is 2. The summed E-state index contributed by atoms with van der Waals surface area (Å²) in [7, 11) is 1.64. The lowest BCUT2D eigenvalue weighted by Gasteiger charge is -2.42. The molecule has 1 N–H and O–H groups in total. The van der Waals surface area contributed by atoms with Gasteiger partial charge in [0.15, 0.2) is 0 Å². The minimum atomic E-state index is 0.0735. The quantitative estimate of drug-likeness (QED) is 0.752. The number of hydrogen-bond donors (Lipinski definition) is 1. The fraction of sp³-hybridized carbons (Fsp3) is 0.700. The van der Waals surface area contributed by atoms with Crippen molar-refractivity contribution < 1.29 is 14.3 Å². The smallest absolute Gasteiger partial charge is 0.263 e. The van der Waals surface area contributed by atoms with Crippen molar-refractivity contribution in [3.8, 4) is 0 Å². The first-order valence-corrected chi connectivity index (χ1v) is 10.8. The van der Waals surface area contributed by atoms with Gasteiger partial charge in [0.25, 0.3) is 5.91 Å². The molecular weight excluding hydrogens is 362 g/mol. The summed E-state index contributed by atoms with van der Waals surface area (Å²) in [4.78, 5) is 31.5. The molecule has 0 bridgehead atoms. The number of carbonyl (C=O) groups is 2. The number of amides is 2. The first-order valence-electron chi connectivity index (χ1n) is 9.95. The Morgan fingerprint density at radius 1 is 1.22 bits per heavy atom. The van der Waals surface area contributed by atoms with Gasteiger partial charge in [0, 0.05) is 44.2 Å². The molecule has 150 valence electrons. The summed E-state index contributed by atoms with van der Waals surface area (Å²) in [6.45, 7) is 6.67. The number of ether oxygens (including phenoxy) is 1. The van der Waals surface area contributed by atoms with Crippen molar-refractivity contribution >= 4 is 23.2 Å². The highest BCUT2D eigenvalue weighted by molar-refractivity contribution is 7.13.